The Morgan fingerprint density at radius 3 is 2.88 bits per heavy atom. The lowest BCUT2D eigenvalue weighted by atomic mass is 9.83. The topological polar surface area (TPSA) is 0 Å². The normalized spacial score (nSPS) is 32.8. The van der Waals surface area contributed by atoms with Gasteiger partial charge in [0.25, 0.3) is 0 Å². The van der Waals surface area contributed by atoms with Crippen LogP contribution in [0.15, 0.2) is 72.4 Å². The summed E-state index contributed by atoms with van der Waals surface area (Å²) in [7, 11) is 0. The number of hydrogen-bond donors (Lipinski definition) is 0. The molecule has 0 N–H and O–H groups in total. The molecule has 2 aliphatic carbocycles. The summed E-state index contributed by atoms with van der Waals surface area (Å²) in [6.45, 7) is 6.26. The van der Waals surface area contributed by atoms with Gasteiger partial charge in [-0.2, -0.15) is 0 Å². The Morgan fingerprint density at radius 2 is 2.00 bits per heavy atom. The molecule has 0 saturated heterocycles. The predicted octanol–water partition coefficient (Wildman–Crippen LogP) is 4.36. The summed E-state index contributed by atoms with van der Waals surface area (Å²) < 4.78 is 0. The largest absolute Gasteiger partial charge is 0.0918 e. The Hall–Kier alpha value is -1.56. The molecule has 0 radical (unpaired) electrons. The van der Waals surface area contributed by atoms with Gasteiger partial charge in [-0.05, 0) is 17.9 Å². The van der Waals surface area contributed by atoms with Crippen molar-refractivity contribution in [1.29, 1.82) is 0 Å². The molecule has 0 aromatic carbocycles. The summed E-state index contributed by atoms with van der Waals surface area (Å²) in [6, 6.07) is 0. The van der Waals surface area contributed by atoms with Crippen molar-refractivity contribution >= 4 is 0 Å². The maximum atomic E-state index is 4.00. The Morgan fingerprint density at radius 1 is 1.12 bits per heavy atom. The van der Waals surface area contributed by atoms with E-state index in [9.17, 15) is 0 Å². The van der Waals surface area contributed by atoms with E-state index in [2.05, 4.69) is 62.1 Å². The molecule has 0 aromatic rings. The van der Waals surface area contributed by atoms with Gasteiger partial charge in [0.15, 0.2) is 0 Å². The Labute approximate surface area is 98.1 Å². The van der Waals surface area contributed by atoms with Crippen molar-refractivity contribution in [3.05, 3.63) is 72.4 Å². The van der Waals surface area contributed by atoms with Gasteiger partial charge < -0.3 is 0 Å². The lowest BCUT2D eigenvalue weighted by molar-refractivity contribution is 0.665. The molecule has 0 aliphatic heterocycles. The Kier molecular flexibility index (Phi) is 3.40. The van der Waals surface area contributed by atoms with Crippen LogP contribution in [-0.2, 0) is 0 Å². The molecule has 2 unspecified atom stereocenters. The highest BCUT2D eigenvalue weighted by Crippen LogP contribution is 2.29. The van der Waals surface area contributed by atoms with E-state index < -0.39 is 0 Å². The molecule has 0 heterocycles. The van der Waals surface area contributed by atoms with Crippen molar-refractivity contribution in [1.82, 2.24) is 0 Å². The molecule has 0 nitrogen and oxygen atoms in total. The summed E-state index contributed by atoms with van der Waals surface area (Å²) in [4.78, 5) is 0. The van der Waals surface area contributed by atoms with Gasteiger partial charge in [-0.3, -0.25) is 0 Å². The maximum Gasteiger partial charge on any atom is 0.00236 e. The summed E-state index contributed by atoms with van der Waals surface area (Å²) in [5, 5.41) is 0. The molecule has 0 fully saturated rings. The van der Waals surface area contributed by atoms with Gasteiger partial charge in [-0.1, -0.05) is 73.8 Å². The molecule has 2 rings (SSSR count). The second-order valence-electron chi connectivity index (χ2n) is 4.40. The van der Waals surface area contributed by atoms with Crippen molar-refractivity contribution in [2.75, 3.05) is 0 Å². The van der Waals surface area contributed by atoms with Crippen LogP contribution in [-0.4, -0.2) is 0 Å². The first-order valence-electron chi connectivity index (χ1n) is 5.86. The minimum atomic E-state index is 0.510. The zero-order chi connectivity index (χ0) is 11.4. The number of rotatable bonds is 0. The SMILES string of the molecule is C=C1C=CC2CC=CC=C2C(C)/C=C\C=C/1. The van der Waals surface area contributed by atoms with E-state index in [0.29, 0.717) is 11.8 Å². The molecule has 82 valence electrons. The molecule has 2 aliphatic rings. The second-order valence-corrected chi connectivity index (χ2v) is 4.40. The molecular weight excluding hydrogens is 192 g/mol. The van der Waals surface area contributed by atoms with E-state index in [-0.39, 0.29) is 0 Å². The van der Waals surface area contributed by atoms with Gasteiger partial charge in [-0.25, -0.2) is 0 Å². The maximum absolute atomic E-state index is 4.00. The minimum Gasteiger partial charge on any atom is -0.0918 e. The van der Waals surface area contributed by atoms with Gasteiger partial charge >= 0.3 is 0 Å². The van der Waals surface area contributed by atoms with E-state index in [0.717, 1.165) is 12.0 Å². The minimum absolute atomic E-state index is 0.510. The van der Waals surface area contributed by atoms with E-state index in [1.54, 1.807) is 0 Å². The third-order valence-electron chi connectivity index (χ3n) is 3.13. The van der Waals surface area contributed by atoms with Gasteiger partial charge in [-0.15, -0.1) is 0 Å². The highest BCUT2D eigenvalue weighted by Gasteiger charge is 2.16. The lowest BCUT2D eigenvalue weighted by Gasteiger charge is -2.22. The van der Waals surface area contributed by atoms with Crippen molar-refractivity contribution in [3.63, 3.8) is 0 Å². The van der Waals surface area contributed by atoms with Crippen LogP contribution in [0.25, 0.3) is 0 Å². The van der Waals surface area contributed by atoms with Crippen molar-refractivity contribution in [2.45, 2.75) is 13.3 Å². The second kappa shape index (κ2) is 4.98. The van der Waals surface area contributed by atoms with E-state index in [1.165, 1.54) is 5.57 Å². The van der Waals surface area contributed by atoms with Crippen LogP contribution in [0.4, 0.5) is 0 Å². The molecular formula is C16H18. The number of allylic oxidation sites excluding steroid dienone is 11. The van der Waals surface area contributed by atoms with Crippen LogP contribution < -0.4 is 0 Å². The van der Waals surface area contributed by atoms with E-state index in [1.807, 2.05) is 6.08 Å². The zero-order valence-electron chi connectivity index (χ0n) is 9.77. The molecule has 0 aromatic heterocycles. The summed E-state index contributed by atoms with van der Waals surface area (Å²) in [6.07, 6.45) is 20.6. The number of fused-ring (bicyclic) bond motifs is 1. The van der Waals surface area contributed by atoms with Crippen molar-refractivity contribution in [2.24, 2.45) is 11.8 Å². The molecule has 0 bridgehead atoms. The van der Waals surface area contributed by atoms with Crippen molar-refractivity contribution in [3.8, 4) is 0 Å². The highest BCUT2D eigenvalue weighted by molar-refractivity contribution is 5.36. The molecule has 0 saturated carbocycles. The smallest absolute Gasteiger partial charge is 0.00236 e. The summed E-state index contributed by atoms with van der Waals surface area (Å²) in [5.41, 5.74) is 2.56. The van der Waals surface area contributed by atoms with E-state index in [4.69, 9.17) is 0 Å². The van der Waals surface area contributed by atoms with Crippen LogP contribution in [0.3, 0.4) is 0 Å². The fourth-order valence-corrected chi connectivity index (χ4v) is 2.16. The van der Waals surface area contributed by atoms with Crippen LogP contribution in [0.2, 0.25) is 0 Å². The van der Waals surface area contributed by atoms with Gasteiger partial charge in [0, 0.05) is 5.92 Å². The van der Waals surface area contributed by atoms with Gasteiger partial charge in [0.1, 0.15) is 0 Å². The standard InChI is InChI=1S/C16H18/c1-13-7-3-4-8-14(2)16-10-6-5-9-15(16)12-11-13/h3-8,10-12,14-15H,1,9H2,2H3/b7-3-,8-4-,12-11?. The predicted molar refractivity (Wildman–Crippen MR) is 71.1 cm³/mol. The van der Waals surface area contributed by atoms with Crippen LogP contribution in [0.5, 0.6) is 0 Å². The van der Waals surface area contributed by atoms with Gasteiger partial charge in [0.05, 0.1) is 0 Å². The molecule has 16 heavy (non-hydrogen) atoms. The average Bonchev–Trinajstić information content (AvgIpc) is 2.31. The van der Waals surface area contributed by atoms with E-state index >= 15 is 0 Å². The summed E-state index contributed by atoms with van der Waals surface area (Å²) in [5.74, 6) is 1.04. The monoisotopic (exact) mass is 210 g/mol. The third-order valence-corrected chi connectivity index (χ3v) is 3.13. The van der Waals surface area contributed by atoms with Crippen LogP contribution in [0, 0.1) is 11.8 Å². The molecule has 2 atom stereocenters. The Balaban J connectivity index is 2.34. The highest BCUT2D eigenvalue weighted by atomic mass is 14.2. The fraction of sp³-hybridized carbons (Fsp3) is 0.250. The average molecular weight is 210 g/mol. The first-order chi connectivity index (χ1) is 7.77. The first-order valence-corrected chi connectivity index (χ1v) is 5.86. The number of hydrogen-bond acceptors (Lipinski definition) is 0. The van der Waals surface area contributed by atoms with Crippen molar-refractivity contribution < 1.29 is 0 Å². The summed E-state index contributed by atoms with van der Waals surface area (Å²) >= 11 is 0. The van der Waals surface area contributed by atoms with Crippen LogP contribution in [0.1, 0.15) is 13.3 Å². The lowest BCUT2D eigenvalue weighted by Crippen LogP contribution is -2.09. The fourth-order valence-electron chi connectivity index (χ4n) is 2.16. The third kappa shape index (κ3) is 2.52. The zero-order valence-corrected chi connectivity index (χ0v) is 9.77. The quantitative estimate of drug-likeness (QED) is 0.557. The Bertz CT molecular complexity index is 413. The van der Waals surface area contributed by atoms with Crippen LogP contribution >= 0.6 is 0 Å². The first kappa shape index (κ1) is 10.9. The molecule has 0 amide bonds. The molecule has 0 spiro atoms. The van der Waals surface area contributed by atoms with Gasteiger partial charge in [0.2, 0.25) is 0 Å². The molecule has 0 heteroatoms.